The third kappa shape index (κ3) is 5.51. The highest BCUT2D eigenvalue weighted by Gasteiger charge is 2.42. The van der Waals surface area contributed by atoms with Gasteiger partial charge >= 0.3 is 6.18 Å². The van der Waals surface area contributed by atoms with Crippen molar-refractivity contribution in [2.45, 2.75) is 37.0 Å². The fourth-order valence-corrected chi connectivity index (χ4v) is 5.63. The fraction of sp³-hybridized carbons (Fsp3) is 0.304. The maximum absolute atomic E-state index is 13.3. The van der Waals surface area contributed by atoms with Crippen LogP contribution in [0.1, 0.15) is 24.7 Å². The molecule has 1 amide bonds. The van der Waals surface area contributed by atoms with Crippen LogP contribution in [0.2, 0.25) is 0 Å². The molecule has 1 unspecified atom stereocenters. The molecule has 0 saturated carbocycles. The van der Waals surface area contributed by atoms with Crippen molar-refractivity contribution in [2.75, 3.05) is 6.54 Å². The first kappa shape index (κ1) is 25.6. The van der Waals surface area contributed by atoms with E-state index in [0.29, 0.717) is 17.7 Å². The number of benzene rings is 1. The summed E-state index contributed by atoms with van der Waals surface area (Å²) in [6.07, 6.45) is -0.890. The van der Waals surface area contributed by atoms with Gasteiger partial charge in [-0.1, -0.05) is 6.92 Å². The monoisotopic (exact) mass is 523 g/mol. The Labute approximate surface area is 204 Å². The summed E-state index contributed by atoms with van der Waals surface area (Å²) in [6, 6.07) is 6.64. The summed E-state index contributed by atoms with van der Waals surface area (Å²) in [5, 5.41) is 2.72. The molecular formula is C23H21F4N5O3S. The molecule has 1 saturated heterocycles. The van der Waals surface area contributed by atoms with Gasteiger partial charge in [-0.15, -0.1) is 0 Å². The molecule has 2 aromatic heterocycles. The summed E-state index contributed by atoms with van der Waals surface area (Å²) in [5.41, 5.74) is 1.16. The molecule has 3 aromatic rings. The number of pyridine rings is 1. The molecule has 1 aromatic carbocycles. The summed E-state index contributed by atoms with van der Waals surface area (Å²) in [5.74, 6) is -2.40. The van der Waals surface area contributed by atoms with Gasteiger partial charge in [-0.2, -0.15) is 17.5 Å². The van der Waals surface area contributed by atoms with Crippen LogP contribution in [0.5, 0.6) is 0 Å². The number of carbonyl (C=O) groups is 1. The SMILES string of the molecule is CC1C[C@@H](C(=O)NCc2ccnc(-c3cnc(C(F)(F)F)nc3)c2)N(S(=O)(=O)c2ccc(F)cc2)C1. The average molecular weight is 524 g/mol. The molecule has 1 aliphatic rings. The summed E-state index contributed by atoms with van der Waals surface area (Å²) in [4.78, 5) is 23.6. The van der Waals surface area contributed by atoms with Crippen LogP contribution in [0.4, 0.5) is 17.6 Å². The predicted octanol–water partition coefficient (Wildman–Crippen LogP) is 3.41. The Hall–Kier alpha value is -3.45. The quantitative estimate of drug-likeness (QED) is 0.497. The number of amides is 1. The molecule has 8 nitrogen and oxygen atoms in total. The van der Waals surface area contributed by atoms with E-state index < -0.39 is 39.8 Å². The molecular weight excluding hydrogens is 502 g/mol. The minimum Gasteiger partial charge on any atom is -0.351 e. The minimum atomic E-state index is -4.66. The van der Waals surface area contributed by atoms with Gasteiger partial charge in [0.05, 0.1) is 10.6 Å². The van der Waals surface area contributed by atoms with Crippen molar-refractivity contribution in [3.63, 3.8) is 0 Å². The Morgan fingerprint density at radius 2 is 1.78 bits per heavy atom. The molecule has 1 N–H and O–H groups in total. The van der Waals surface area contributed by atoms with Crippen molar-refractivity contribution in [1.29, 1.82) is 0 Å². The smallest absolute Gasteiger partial charge is 0.351 e. The largest absolute Gasteiger partial charge is 0.451 e. The highest BCUT2D eigenvalue weighted by Crippen LogP contribution is 2.30. The normalized spacial score (nSPS) is 18.8. The van der Waals surface area contributed by atoms with Crippen LogP contribution in [-0.4, -0.2) is 46.2 Å². The molecule has 1 fully saturated rings. The number of nitrogens with zero attached hydrogens (tertiary/aromatic N) is 4. The van der Waals surface area contributed by atoms with Crippen molar-refractivity contribution in [3.05, 3.63) is 72.2 Å². The number of halogens is 4. The molecule has 2 atom stereocenters. The molecule has 1 aliphatic heterocycles. The Morgan fingerprint density at radius 1 is 1.11 bits per heavy atom. The molecule has 36 heavy (non-hydrogen) atoms. The van der Waals surface area contributed by atoms with Crippen molar-refractivity contribution in [3.8, 4) is 11.3 Å². The standard InChI is InChI=1S/C23H21F4N5O3S/c1-14-8-20(32(13-14)36(34,35)18-4-2-17(24)3-5-18)21(33)29-10-15-6-7-28-19(9-15)16-11-30-22(31-12-16)23(25,26)27/h2-7,9,11-12,14,20H,8,10,13H2,1H3,(H,29,33)/t14?,20-/m0/s1. The first-order valence-corrected chi connectivity index (χ1v) is 12.3. The zero-order valence-corrected chi connectivity index (χ0v) is 19.7. The predicted molar refractivity (Wildman–Crippen MR) is 120 cm³/mol. The van der Waals surface area contributed by atoms with Gasteiger partial charge in [-0.25, -0.2) is 22.8 Å². The number of rotatable bonds is 6. The Bertz CT molecular complexity index is 1350. The van der Waals surface area contributed by atoms with Crippen molar-refractivity contribution in [1.82, 2.24) is 24.6 Å². The average Bonchev–Trinajstić information content (AvgIpc) is 3.25. The second-order valence-corrected chi connectivity index (χ2v) is 10.3. The van der Waals surface area contributed by atoms with Gasteiger partial charge in [-0.05, 0) is 54.3 Å². The lowest BCUT2D eigenvalue weighted by Gasteiger charge is -2.23. The van der Waals surface area contributed by atoms with Crippen LogP contribution in [0.3, 0.4) is 0 Å². The van der Waals surface area contributed by atoms with Crippen molar-refractivity contribution >= 4 is 15.9 Å². The van der Waals surface area contributed by atoms with Crippen molar-refractivity contribution in [2.24, 2.45) is 5.92 Å². The topological polar surface area (TPSA) is 105 Å². The number of aromatic nitrogens is 3. The van der Waals surface area contributed by atoms with E-state index in [2.05, 4.69) is 20.3 Å². The Morgan fingerprint density at radius 3 is 2.42 bits per heavy atom. The van der Waals surface area contributed by atoms with Gasteiger partial charge in [0.15, 0.2) is 0 Å². The lowest BCUT2D eigenvalue weighted by molar-refractivity contribution is -0.145. The summed E-state index contributed by atoms with van der Waals surface area (Å²) < 4.78 is 78.7. The number of hydrogen-bond acceptors (Lipinski definition) is 6. The van der Waals surface area contributed by atoms with Gasteiger partial charge in [0.1, 0.15) is 11.9 Å². The number of nitrogens with one attached hydrogen (secondary N) is 1. The zero-order chi connectivity index (χ0) is 26.1. The van der Waals surface area contributed by atoms with Crippen LogP contribution >= 0.6 is 0 Å². The van der Waals surface area contributed by atoms with E-state index in [1.165, 1.54) is 6.20 Å². The third-order valence-corrected chi connectivity index (χ3v) is 7.57. The lowest BCUT2D eigenvalue weighted by Crippen LogP contribution is -2.45. The summed E-state index contributed by atoms with van der Waals surface area (Å²) in [6.45, 7) is 2.01. The van der Waals surface area contributed by atoms with Gasteiger partial charge in [-0.3, -0.25) is 9.78 Å². The first-order valence-electron chi connectivity index (χ1n) is 10.8. The Balaban J connectivity index is 1.46. The van der Waals surface area contributed by atoms with E-state index in [-0.39, 0.29) is 29.5 Å². The maximum Gasteiger partial charge on any atom is 0.451 e. The van der Waals surface area contributed by atoms with E-state index >= 15 is 0 Å². The van der Waals surface area contributed by atoms with Crippen LogP contribution in [0.15, 0.2) is 59.9 Å². The maximum atomic E-state index is 13.3. The van der Waals surface area contributed by atoms with Gasteiger partial charge < -0.3 is 5.32 Å². The molecule has 190 valence electrons. The molecule has 0 bridgehead atoms. The number of alkyl halides is 3. The number of carbonyl (C=O) groups excluding carboxylic acids is 1. The zero-order valence-electron chi connectivity index (χ0n) is 18.9. The molecule has 3 heterocycles. The van der Waals surface area contributed by atoms with Gasteiger partial charge in [0, 0.05) is 37.2 Å². The number of hydrogen-bond donors (Lipinski definition) is 1. The van der Waals surface area contributed by atoms with E-state index in [9.17, 15) is 30.8 Å². The van der Waals surface area contributed by atoms with Crippen molar-refractivity contribution < 1.29 is 30.8 Å². The highest BCUT2D eigenvalue weighted by atomic mass is 32.2. The summed E-state index contributed by atoms with van der Waals surface area (Å²) >= 11 is 0. The van der Waals surface area contributed by atoms with E-state index in [1.54, 1.807) is 12.1 Å². The molecule has 13 heteroatoms. The van der Waals surface area contributed by atoms with Gasteiger partial charge in [0.25, 0.3) is 0 Å². The summed E-state index contributed by atoms with van der Waals surface area (Å²) in [7, 11) is -4.02. The van der Waals surface area contributed by atoms with E-state index in [0.717, 1.165) is 41.0 Å². The van der Waals surface area contributed by atoms with Crippen LogP contribution in [0.25, 0.3) is 11.3 Å². The van der Waals surface area contributed by atoms with E-state index in [1.807, 2.05) is 6.92 Å². The fourth-order valence-electron chi connectivity index (χ4n) is 3.91. The minimum absolute atomic E-state index is 0.0329. The second kappa shape index (κ2) is 9.90. The number of sulfonamides is 1. The molecule has 0 radical (unpaired) electrons. The van der Waals surface area contributed by atoms with E-state index in [4.69, 9.17) is 0 Å². The van der Waals surface area contributed by atoms with Crippen LogP contribution < -0.4 is 5.32 Å². The van der Waals surface area contributed by atoms with Gasteiger partial charge in [0.2, 0.25) is 21.8 Å². The third-order valence-electron chi connectivity index (χ3n) is 5.68. The highest BCUT2D eigenvalue weighted by molar-refractivity contribution is 7.89. The molecule has 4 rings (SSSR count). The molecule has 0 aliphatic carbocycles. The molecule has 0 spiro atoms. The Kier molecular flexibility index (Phi) is 7.05. The second-order valence-electron chi connectivity index (χ2n) is 8.45. The first-order chi connectivity index (χ1) is 16.9. The van der Waals surface area contributed by atoms with Crippen LogP contribution in [-0.2, 0) is 27.5 Å². The lowest BCUT2D eigenvalue weighted by atomic mass is 10.1. The van der Waals surface area contributed by atoms with Crippen LogP contribution in [0, 0.1) is 11.7 Å².